The zero-order valence-corrected chi connectivity index (χ0v) is 22.8. The zero-order chi connectivity index (χ0) is 27.2. The smallest absolute Gasteiger partial charge is 0.264 e. The van der Waals surface area contributed by atoms with Gasteiger partial charge in [0, 0.05) is 18.6 Å². The first-order valence-corrected chi connectivity index (χ1v) is 13.4. The van der Waals surface area contributed by atoms with Crippen molar-refractivity contribution in [3.05, 3.63) is 88.4 Å². The number of rotatable bonds is 10. The largest absolute Gasteiger partial charge is 0.497 e. The highest BCUT2D eigenvalue weighted by Crippen LogP contribution is 2.33. The molecule has 0 bridgehead atoms. The van der Waals surface area contributed by atoms with E-state index < -0.39 is 34.4 Å². The van der Waals surface area contributed by atoms with Crippen LogP contribution in [0.1, 0.15) is 12.5 Å². The molecule has 0 heterocycles. The SMILES string of the molecule is CNC(=O)C(C)N(Cc1ccc(OC)cc1)C(=O)CN(c1ccc(Cl)cc1Cl)S(=O)(=O)c1ccccc1. The summed E-state index contributed by atoms with van der Waals surface area (Å²) in [4.78, 5) is 27.5. The van der Waals surface area contributed by atoms with Gasteiger partial charge in [-0.25, -0.2) is 8.42 Å². The van der Waals surface area contributed by atoms with Crippen LogP contribution in [0.3, 0.4) is 0 Å². The summed E-state index contributed by atoms with van der Waals surface area (Å²) in [6.07, 6.45) is 0. The monoisotopic (exact) mass is 563 g/mol. The summed E-state index contributed by atoms with van der Waals surface area (Å²) < 4.78 is 33.5. The number of halogens is 2. The molecule has 11 heteroatoms. The predicted molar refractivity (Wildman–Crippen MR) is 145 cm³/mol. The third kappa shape index (κ3) is 6.74. The predicted octanol–water partition coefficient (Wildman–Crippen LogP) is 4.36. The quantitative estimate of drug-likeness (QED) is 0.395. The topological polar surface area (TPSA) is 96.0 Å². The van der Waals surface area contributed by atoms with Crippen molar-refractivity contribution in [3.8, 4) is 5.75 Å². The lowest BCUT2D eigenvalue weighted by Crippen LogP contribution is -2.50. The zero-order valence-electron chi connectivity index (χ0n) is 20.5. The van der Waals surface area contributed by atoms with Gasteiger partial charge in [-0.15, -0.1) is 0 Å². The Kier molecular flexibility index (Phi) is 9.42. The first-order valence-electron chi connectivity index (χ1n) is 11.2. The number of methoxy groups -OCH3 is 1. The summed E-state index contributed by atoms with van der Waals surface area (Å²) in [5.41, 5.74) is 0.812. The van der Waals surface area contributed by atoms with E-state index >= 15 is 0 Å². The summed E-state index contributed by atoms with van der Waals surface area (Å²) in [5.74, 6) is -0.361. The van der Waals surface area contributed by atoms with E-state index in [4.69, 9.17) is 27.9 Å². The molecule has 0 spiro atoms. The van der Waals surface area contributed by atoms with Gasteiger partial charge < -0.3 is 15.0 Å². The van der Waals surface area contributed by atoms with Crippen molar-refractivity contribution < 1.29 is 22.7 Å². The lowest BCUT2D eigenvalue weighted by molar-refractivity contribution is -0.139. The summed E-state index contributed by atoms with van der Waals surface area (Å²) in [5, 5.41) is 2.91. The Morgan fingerprint density at radius 1 is 1.00 bits per heavy atom. The van der Waals surface area contributed by atoms with Gasteiger partial charge in [0.25, 0.3) is 10.0 Å². The molecule has 0 aliphatic rings. The number of nitrogens with zero attached hydrogens (tertiary/aromatic N) is 2. The molecule has 1 atom stereocenters. The number of hydrogen-bond acceptors (Lipinski definition) is 5. The molecule has 3 rings (SSSR count). The van der Waals surface area contributed by atoms with Gasteiger partial charge in [-0.1, -0.05) is 53.5 Å². The van der Waals surface area contributed by atoms with Crippen molar-refractivity contribution in [3.63, 3.8) is 0 Å². The molecule has 0 aliphatic carbocycles. The van der Waals surface area contributed by atoms with Crippen LogP contribution in [0.25, 0.3) is 0 Å². The van der Waals surface area contributed by atoms with Crippen molar-refractivity contribution in [1.82, 2.24) is 10.2 Å². The number of nitrogens with one attached hydrogen (secondary N) is 1. The van der Waals surface area contributed by atoms with Crippen LogP contribution in [0.5, 0.6) is 5.75 Å². The minimum absolute atomic E-state index is 0.0186. The Morgan fingerprint density at radius 2 is 1.65 bits per heavy atom. The molecule has 1 N–H and O–H groups in total. The molecule has 0 saturated heterocycles. The van der Waals surface area contributed by atoms with Gasteiger partial charge in [-0.2, -0.15) is 0 Å². The lowest BCUT2D eigenvalue weighted by Gasteiger charge is -2.32. The van der Waals surface area contributed by atoms with Crippen LogP contribution >= 0.6 is 23.2 Å². The average Bonchev–Trinajstić information content (AvgIpc) is 2.90. The van der Waals surface area contributed by atoms with E-state index in [1.54, 1.807) is 56.5 Å². The van der Waals surface area contributed by atoms with Crippen LogP contribution in [0.4, 0.5) is 5.69 Å². The number of carbonyl (C=O) groups excluding carboxylic acids is 2. The van der Waals surface area contributed by atoms with Crippen LogP contribution < -0.4 is 14.4 Å². The number of carbonyl (C=O) groups is 2. The summed E-state index contributed by atoms with van der Waals surface area (Å²) in [7, 11) is -1.20. The van der Waals surface area contributed by atoms with Gasteiger partial charge in [0.2, 0.25) is 11.8 Å². The van der Waals surface area contributed by atoms with Crippen molar-refractivity contribution >= 4 is 50.7 Å². The molecule has 0 radical (unpaired) electrons. The normalized spacial score (nSPS) is 11.9. The highest BCUT2D eigenvalue weighted by Gasteiger charge is 2.33. The van der Waals surface area contributed by atoms with Gasteiger partial charge in [-0.3, -0.25) is 13.9 Å². The van der Waals surface area contributed by atoms with Gasteiger partial charge in [0.05, 0.1) is 22.7 Å². The first kappa shape index (κ1) is 28.3. The number of anilines is 1. The number of sulfonamides is 1. The van der Waals surface area contributed by atoms with Crippen LogP contribution in [0.2, 0.25) is 10.0 Å². The molecular weight excluding hydrogens is 537 g/mol. The Hall–Kier alpha value is -3.27. The molecule has 3 aromatic carbocycles. The molecule has 0 aliphatic heterocycles. The standard InChI is InChI=1S/C26H27Cl2N3O5S/c1-18(26(33)29-2)30(16-19-9-12-21(36-3)13-10-19)25(32)17-31(24-14-11-20(27)15-23(24)28)37(34,35)22-7-5-4-6-8-22/h4-15,18H,16-17H2,1-3H3,(H,29,33). The number of likely N-dealkylation sites (N-methyl/N-ethyl adjacent to an activating group) is 1. The summed E-state index contributed by atoms with van der Waals surface area (Å²) in [6.45, 7) is 1.03. The summed E-state index contributed by atoms with van der Waals surface area (Å²) in [6, 6.07) is 18.2. The molecular formula is C26H27Cl2N3O5S. The number of ether oxygens (including phenoxy) is 1. The number of benzene rings is 3. The second-order valence-corrected chi connectivity index (χ2v) is 10.8. The molecule has 0 saturated carbocycles. The van der Waals surface area contributed by atoms with E-state index in [0.717, 1.165) is 9.87 Å². The van der Waals surface area contributed by atoms with Gasteiger partial charge in [0.1, 0.15) is 18.3 Å². The molecule has 196 valence electrons. The Labute approximate surface area is 226 Å². The van der Waals surface area contributed by atoms with Crippen LogP contribution in [0, 0.1) is 0 Å². The minimum Gasteiger partial charge on any atom is -0.497 e. The second kappa shape index (κ2) is 12.3. The Morgan fingerprint density at radius 3 is 2.22 bits per heavy atom. The maximum atomic E-state index is 13.7. The molecule has 3 aromatic rings. The van der Waals surface area contributed by atoms with E-state index in [1.807, 2.05) is 0 Å². The molecule has 2 amide bonds. The van der Waals surface area contributed by atoms with E-state index in [2.05, 4.69) is 5.32 Å². The van der Waals surface area contributed by atoms with Crippen molar-refractivity contribution in [2.24, 2.45) is 0 Å². The van der Waals surface area contributed by atoms with Crippen molar-refractivity contribution in [2.45, 2.75) is 24.4 Å². The molecule has 0 aromatic heterocycles. The van der Waals surface area contributed by atoms with Gasteiger partial charge in [-0.05, 0) is 55.0 Å². The average molecular weight is 564 g/mol. The van der Waals surface area contributed by atoms with Crippen LogP contribution in [0.15, 0.2) is 77.7 Å². The van der Waals surface area contributed by atoms with E-state index in [0.29, 0.717) is 10.8 Å². The van der Waals surface area contributed by atoms with Crippen molar-refractivity contribution in [2.75, 3.05) is 25.0 Å². The number of hydrogen-bond donors (Lipinski definition) is 1. The number of amides is 2. The van der Waals surface area contributed by atoms with E-state index in [-0.39, 0.29) is 22.2 Å². The highest BCUT2D eigenvalue weighted by atomic mass is 35.5. The fourth-order valence-electron chi connectivity index (χ4n) is 3.64. The molecule has 8 nitrogen and oxygen atoms in total. The maximum Gasteiger partial charge on any atom is 0.264 e. The fraction of sp³-hybridized carbons (Fsp3) is 0.231. The lowest BCUT2D eigenvalue weighted by atomic mass is 10.1. The third-order valence-corrected chi connectivity index (χ3v) is 8.03. The minimum atomic E-state index is -4.21. The van der Waals surface area contributed by atoms with Crippen LogP contribution in [-0.2, 0) is 26.2 Å². The van der Waals surface area contributed by atoms with E-state index in [1.165, 1.54) is 42.3 Å². The van der Waals surface area contributed by atoms with Gasteiger partial charge in [0.15, 0.2) is 0 Å². The second-order valence-electron chi connectivity index (χ2n) is 8.08. The highest BCUT2D eigenvalue weighted by molar-refractivity contribution is 7.92. The van der Waals surface area contributed by atoms with Crippen LogP contribution in [-0.4, -0.2) is 51.9 Å². The van der Waals surface area contributed by atoms with E-state index in [9.17, 15) is 18.0 Å². The Balaban J connectivity index is 2.04. The maximum absolute atomic E-state index is 13.7. The first-order chi connectivity index (χ1) is 17.6. The third-order valence-electron chi connectivity index (χ3n) is 5.71. The summed E-state index contributed by atoms with van der Waals surface area (Å²) >= 11 is 12.4. The van der Waals surface area contributed by atoms with Crippen molar-refractivity contribution in [1.29, 1.82) is 0 Å². The molecule has 0 fully saturated rings. The molecule has 1 unspecified atom stereocenters. The fourth-order valence-corrected chi connectivity index (χ4v) is 5.65. The Bertz CT molecular complexity index is 1350. The van der Waals surface area contributed by atoms with Gasteiger partial charge >= 0.3 is 0 Å². The molecule has 37 heavy (non-hydrogen) atoms.